The predicted octanol–water partition coefficient (Wildman–Crippen LogP) is 8.51. The minimum atomic E-state index is -0.492. The number of aryl methyl sites for hydroxylation is 1. The smallest absolute Gasteiger partial charge is 0.410 e. The summed E-state index contributed by atoms with van der Waals surface area (Å²) in [5.41, 5.74) is -0.0631. The van der Waals surface area contributed by atoms with Crippen molar-refractivity contribution in [2.45, 2.75) is 116 Å². The van der Waals surface area contributed by atoms with Gasteiger partial charge < -0.3 is 14.7 Å². The zero-order valence-electron chi connectivity index (χ0n) is 28.0. The number of ketones is 1. The van der Waals surface area contributed by atoms with Gasteiger partial charge in [0.25, 0.3) is 0 Å². The van der Waals surface area contributed by atoms with Crippen molar-refractivity contribution in [1.29, 1.82) is 0 Å². The SMILES string of the molecule is Cc1ccc(C(=O)C2=C[C@@]34C=C[C@@]25[C@@H]2CC[C@@]6(CN(CC78CC9CC(CC(C9)C7)C8)C(=O)O6)[C@@]2(C)CC[C@@H]5[C@@]3(C)CC[C@H](O)C4)s1. The number of carbonyl (C=O) groups is 2. The molecule has 6 heteroatoms. The normalized spacial score (nSPS) is 52.5. The molecule has 1 saturated heterocycles. The lowest BCUT2D eigenvalue weighted by molar-refractivity contribution is -0.164. The second kappa shape index (κ2) is 9.00. The summed E-state index contributed by atoms with van der Waals surface area (Å²) in [5.74, 6) is 3.38. The molecule has 0 radical (unpaired) electrons. The molecular weight excluding hydrogens is 591 g/mol. The summed E-state index contributed by atoms with van der Waals surface area (Å²) >= 11 is 1.61. The van der Waals surface area contributed by atoms with E-state index >= 15 is 0 Å². The maximum absolute atomic E-state index is 14.7. The fourth-order valence-corrected chi connectivity index (χ4v) is 15.9. The van der Waals surface area contributed by atoms with Crippen LogP contribution in [0.15, 0.2) is 35.9 Å². The minimum Gasteiger partial charge on any atom is -0.440 e. The maximum atomic E-state index is 14.7. The minimum absolute atomic E-state index is 0.00407. The second-order valence-electron chi connectivity index (χ2n) is 18.7. The quantitative estimate of drug-likeness (QED) is 0.265. The number of hydrogen-bond donors (Lipinski definition) is 1. The van der Waals surface area contributed by atoms with Crippen molar-refractivity contribution in [2.24, 2.45) is 56.7 Å². The summed E-state index contributed by atoms with van der Waals surface area (Å²) in [6.07, 6.45) is 21.5. The van der Waals surface area contributed by atoms with Crippen molar-refractivity contribution in [3.63, 3.8) is 0 Å². The molecule has 0 unspecified atom stereocenters. The molecule has 1 aliphatic heterocycles. The molecule has 1 N–H and O–H groups in total. The van der Waals surface area contributed by atoms with Crippen LogP contribution in [0.3, 0.4) is 0 Å². The molecular formula is C40H51NO4S. The highest BCUT2D eigenvalue weighted by Crippen LogP contribution is 2.79. The molecule has 3 spiro atoms. The van der Waals surface area contributed by atoms with Crippen LogP contribution in [0.1, 0.15) is 112 Å². The molecule has 7 saturated carbocycles. The molecule has 1 aromatic heterocycles. The van der Waals surface area contributed by atoms with Crippen LogP contribution in [0.25, 0.3) is 0 Å². The summed E-state index contributed by atoms with van der Waals surface area (Å²) in [5, 5.41) is 11.0. The Kier molecular flexibility index (Phi) is 5.68. The molecule has 46 heavy (non-hydrogen) atoms. The van der Waals surface area contributed by atoms with Gasteiger partial charge in [0.1, 0.15) is 5.60 Å². The van der Waals surface area contributed by atoms with Gasteiger partial charge in [-0.25, -0.2) is 4.79 Å². The number of ether oxygens (including phenoxy) is 1. The van der Waals surface area contributed by atoms with Crippen LogP contribution in [0.5, 0.6) is 0 Å². The first-order valence-electron chi connectivity index (χ1n) is 18.6. The topological polar surface area (TPSA) is 66.8 Å². The highest BCUT2D eigenvalue weighted by atomic mass is 32.1. The van der Waals surface area contributed by atoms with Gasteiger partial charge in [0, 0.05) is 33.2 Å². The Hall–Kier alpha value is -1.92. The van der Waals surface area contributed by atoms with E-state index in [9.17, 15) is 14.7 Å². The molecule has 12 rings (SSSR count). The van der Waals surface area contributed by atoms with E-state index < -0.39 is 5.60 Å². The third-order valence-electron chi connectivity index (χ3n) is 16.6. The summed E-state index contributed by atoms with van der Waals surface area (Å²) in [4.78, 5) is 32.8. The van der Waals surface area contributed by atoms with Gasteiger partial charge in [-0.1, -0.05) is 32.1 Å². The van der Waals surface area contributed by atoms with E-state index in [4.69, 9.17) is 4.74 Å². The van der Waals surface area contributed by atoms with Crippen molar-refractivity contribution in [2.75, 3.05) is 13.1 Å². The molecule has 2 heterocycles. The fraction of sp³-hybridized carbons (Fsp3) is 0.750. The summed E-state index contributed by atoms with van der Waals surface area (Å²) < 4.78 is 6.75. The van der Waals surface area contributed by atoms with Crippen LogP contribution in [0.4, 0.5) is 4.79 Å². The van der Waals surface area contributed by atoms with Crippen molar-refractivity contribution >= 4 is 23.2 Å². The molecule has 1 amide bonds. The van der Waals surface area contributed by atoms with Gasteiger partial charge in [-0.2, -0.15) is 0 Å². The number of rotatable bonds is 4. The van der Waals surface area contributed by atoms with E-state index in [0.29, 0.717) is 17.8 Å². The maximum Gasteiger partial charge on any atom is 0.410 e. The molecule has 0 aromatic carbocycles. The lowest BCUT2D eigenvalue weighted by Crippen LogP contribution is -2.67. The molecule has 5 nitrogen and oxygen atoms in total. The molecule has 6 bridgehead atoms. The number of aliphatic hydroxyl groups excluding tert-OH is 1. The molecule has 8 fully saturated rings. The Bertz CT molecular complexity index is 1570. The van der Waals surface area contributed by atoms with E-state index in [0.717, 1.165) is 84.7 Å². The van der Waals surface area contributed by atoms with Gasteiger partial charge in [-0.3, -0.25) is 4.79 Å². The first kappa shape index (κ1) is 29.0. The predicted molar refractivity (Wildman–Crippen MR) is 178 cm³/mol. The Morgan fingerprint density at radius 3 is 2.30 bits per heavy atom. The molecule has 8 atom stereocenters. The van der Waals surface area contributed by atoms with Gasteiger partial charge in [0.05, 0.1) is 17.5 Å². The van der Waals surface area contributed by atoms with Crippen LogP contribution in [-0.2, 0) is 4.74 Å². The highest BCUT2D eigenvalue weighted by molar-refractivity contribution is 7.14. The molecule has 1 aromatic rings. The first-order chi connectivity index (χ1) is 21.9. The van der Waals surface area contributed by atoms with Crippen molar-refractivity contribution in [3.05, 3.63) is 45.7 Å². The van der Waals surface area contributed by atoms with Crippen LogP contribution < -0.4 is 0 Å². The number of aliphatic hydroxyl groups is 1. The number of amides is 1. The number of hydrogen-bond acceptors (Lipinski definition) is 5. The van der Waals surface area contributed by atoms with Crippen molar-refractivity contribution < 1.29 is 19.4 Å². The van der Waals surface area contributed by atoms with Crippen molar-refractivity contribution in [3.8, 4) is 0 Å². The van der Waals surface area contributed by atoms with Crippen LogP contribution in [0.2, 0.25) is 0 Å². The summed E-state index contributed by atoms with van der Waals surface area (Å²) in [6.45, 7) is 8.60. The van der Waals surface area contributed by atoms with Crippen LogP contribution in [0, 0.1) is 63.6 Å². The fourth-order valence-electron chi connectivity index (χ4n) is 15.1. The van der Waals surface area contributed by atoms with E-state index in [1.165, 1.54) is 38.5 Å². The lowest BCUT2D eigenvalue weighted by Gasteiger charge is -2.71. The number of carbonyl (C=O) groups excluding carboxylic acids is 2. The summed E-state index contributed by atoms with van der Waals surface area (Å²) in [7, 11) is 0. The van der Waals surface area contributed by atoms with E-state index in [2.05, 4.69) is 50.0 Å². The Labute approximate surface area is 278 Å². The molecule has 11 aliphatic rings. The number of allylic oxidation sites excluding steroid dienone is 4. The highest BCUT2D eigenvalue weighted by Gasteiger charge is 2.76. The Morgan fingerprint density at radius 1 is 0.935 bits per heavy atom. The van der Waals surface area contributed by atoms with Crippen LogP contribution in [-0.4, -0.2) is 46.7 Å². The van der Waals surface area contributed by atoms with Gasteiger partial charge in [-0.05, 0) is 143 Å². The number of nitrogens with zero attached hydrogens (tertiary/aromatic N) is 1. The Morgan fingerprint density at radius 2 is 1.61 bits per heavy atom. The van der Waals surface area contributed by atoms with Crippen molar-refractivity contribution in [1.82, 2.24) is 4.90 Å². The average Bonchev–Trinajstić information content (AvgIpc) is 3.66. The molecule has 246 valence electrons. The van der Waals surface area contributed by atoms with Crippen LogP contribution >= 0.6 is 11.3 Å². The first-order valence-corrected chi connectivity index (χ1v) is 19.4. The number of fused-ring (bicyclic) bond motifs is 2. The monoisotopic (exact) mass is 641 g/mol. The largest absolute Gasteiger partial charge is 0.440 e. The standard InChI is InChI=1S/C40H51NO4S/c1-24-4-5-30(46-24)33(43)29-21-38-12-13-40(29)31(35(38,2)9-6-28(42)20-38)7-10-36(3)32(40)8-11-39(36)23-41(34(44)45-39)22-37-17-25-14-26(18-37)16-27(15-25)19-37/h4-5,12-13,21,25-28,31-32,42H,6-11,14-20,22-23H2,1-3H3/t25?,26?,27?,28-,31+,32+,35+,36-,37?,38-,39+,40+/m0/s1. The average molecular weight is 642 g/mol. The second-order valence-corrected chi connectivity index (χ2v) is 19.9. The molecule has 10 aliphatic carbocycles. The third kappa shape index (κ3) is 3.42. The van der Waals surface area contributed by atoms with Gasteiger partial charge >= 0.3 is 6.09 Å². The van der Waals surface area contributed by atoms with E-state index in [1.54, 1.807) is 11.3 Å². The van der Waals surface area contributed by atoms with E-state index in [-0.39, 0.29) is 45.6 Å². The third-order valence-corrected chi connectivity index (χ3v) is 17.6. The number of Topliss-reactive ketones (excluding diaryl/α,β-unsaturated/α-hetero) is 1. The lowest BCUT2D eigenvalue weighted by atomic mass is 9.32. The number of thiophene rings is 1. The zero-order chi connectivity index (χ0) is 31.5. The van der Waals surface area contributed by atoms with Gasteiger partial charge in [0.2, 0.25) is 0 Å². The van der Waals surface area contributed by atoms with Gasteiger partial charge in [0.15, 0.2) is 5.78 Å². The summed E-state index contributed by atoms with van der Waals surface area (Å²) in [6, 6.07) is 4.09. The zero-order valence-corrected chi connectivity index (χ0v) is 28.8. The Balaban J connectivity index is 1.03. The van der Waals surface area contributed by atoms with Gasteiger partial charge in [-0.15, -0.1) is 11.3 Å². The van der Waals surface area contributed by atoms with E-state index in [1.807, 2.05) is 6.07 Å².